The van der Waals surface area contributed by atoms with Crippen LogP contribution in [0.1, 0.15) is 37.2 Å². The second-order valence-corrected chi connectivity index (χ2v) is 7.61. The summed E-state index contributed by atoms with van der Waals surface area (Å²) in [6.45, 7) is 1.42. The summed E-state index contributed by atoms with van der Waals surface area (Å²) < 4.78 is 1.83. The molecule has 1 aromatic carbocycles. The number of benzene rings is 1. The third-order valence-corrected chi connectivity index (χ3v) is 5.55. The molecule has 4 amide bonds. The fraction of sp³-hybridized carbons (Fsp3) is 0.400. The summed E-state index contributed by atoms with van der Waals surface area (Å²) in [6.07, 6.45) is 5.29. The molecule has 1 saturated heterocycles. The quantitative estimate of drug-likeness (QED) is 0.738. The molecule has 146 valence electrons. The summed E-state index contributed by atoms with van der Waals surface area (Å²) in [6, 6.07) is 8.47. The second kappa shape index (κ2) is 6.78. The normalized spacial score (nSPS) is 22.9. The van der Waals surface area contributed by atoms with Crippen molar-refractivity contribution in [3.63, 3.8) is 0 Å². The van der Waals surface area contributed by atoms with Crippen LogP contribution in [0.3, 0.4) is 0 Å². The number of imide groups is 1. The zero-order chi connectivity index (χ0) is 19.9. The van der Waals surface area contributed by atoms with E-state index in [-0.39, 0.29) is 18.4 Å². The van der Waals surface area contributed by atoms with Crippen LogP contribution in [0.15, 0.2) is 42.7 Å². The number of carbonyl (C=O) groups is 3. The highest BCUT2D eigenvalue weighted by molar-refractivity contribution is 6.09. The number of aromatic nitrogens is 2. The molecule has 1 aromatic heterocycles. The number of nitrogens with one attached hydrogen (secondary N) is 2. The lowest BCUT2D eigenvalue weighted by Crippen LogP contribution is -2.47. The summed E-state index contributed by atoms with van der Waals surface area (Å²) in [5.41, 5.74) is -0.0271. The van der Waals surface area contributed by atoms with Crippen molar-refractivity contribution in [2.75, 3.05) is 6.54 Å². The standard InChI is InChI=1S/C20H23N5O3/c1-20(14-8-9-14)18(27)25(19(28)23-20)12-15(26)22-16(13-6-4-3-5-7-13)17-21-10-11-24(17)2/h3-7,10-11,14,16H,8-9,12H2,1-2H3,(H,22,26)(H,23,28)/t16-,20-/m0/s1. The van der Waals surface area contributed by atoms with Crippen LogP contribution in [0.2, 0.25) is 0 Å². The van der Waals surface area contributed by atoms with E-state index in [4.69, 9.17) is 0 Å². The van der Waals surface area contributed by atoms with Crippen LogP contribution in [-0.2, 0) is 16.6 Å². The molecule has 1 saturated carbocycles. The van der Waals surface area contributed by atoms with Gasteiger partial charge in [0, 0.05) is 19.4 Å². The molecule has 2 heterocycles. The zero-order valence-electron chi connectivity index (χ0n) is 15.9. The van der Waals surface area contributed by atoms with Crippen LogP contribution in [0.4, 0.5) is 4.79 Å². The summed E-state index contributed by atoms with van der Waals surface area (Å²) in [4.78, 5) is 43.2. The van der Waals surface area contributed by atoms with Gasteiger partial charge in [0.1, 0.15) is 23.9 Å². The van der Waals surface area contributed by atoms with E-state index in [1.807, 2.05) is 41.9 Å². The van der Waals surface area contributed by atoms with E-state index in [0.29, 0.717) is 5.82 Å². The maximum absolute atomic E-state index is 12.8. The third-order valence-electron chi connectivity index (χ3n) is 5.55. The molecule has 8 heteroatoms. The van der Waals surface area contributed by atoms with Crippen LogP contribution in [0, 0.1) is 5.92 Å². The fourth-order valence-electron chi connectivity index (χ4n) is 3.74. The number of imidazole rings is 1. The Hall–Kier alpha value is -3.16. The minimum atomic E-state index is -0.893. The first-order valence-corrected chi connectivity index (χ1v) is 9.36. The summed E-state index contributed by atoms with van der Waals surface area (Å²) in [5, 5.41) is 5.68. The predicted molar refractivity (Wildman–Crippen MR) is 101 cm³/mol. The van der Waals surface area contributed by atoms with Gasteiger partial charge in [-0.3, -0.25) is 14.5 Å². The van der Waals surface area contributed by atoms with Crippen molar-refractivity contribution in [1.29, 1.82) is 0 Å². The van der Waals surface area contributed by atoms with Crippen molar-refractivity contribution in [3.05, 3.63) is 54.1 Å². The Bertz CT molecular complexity index is 921. The molecule has 0 radical (unpaired) electrons. The van der Waals surface area contributed by atoms with Crippen LogP contribution >= 0.6 is 0 Å². The van der Waals surface area contributed by atoms with Crippen LogP contribution in [0.25, 0.3) is 0 Å². The van der Waals surface area contributed by atoms with Gasteiger partial charge in [-0.2, -0.15) is 0 Å². The highest BCUT2D eigenvalue weighted by Crippen LogP contribution is 2.42. The first kappa shape index (κ1) is 18.2. The Morgan fingerprint density at radius 1 is 1.32 bits per heavy atom. The van der Waals surface area contributed by atoms with Crippen molar-refractivity contribution in [2.45, 2.75) is 31.3 Å². The van der Waals surface area contributed by atoms with Gasteiger partial charge >= 0.3 is 6.03 Å². The topological polar surface area (TPSA) is 96.3 Å². The second-order valence-electron chi connectivity index (χ2n) is 7.61. The fourth-order valence-corrected chi connectivity index (χ4v) is 3.74. The Morgan fingerprint density at radius 2 is 2.04 bits per heavy atom. The average Bonchev–Trinajstić information content (AvgIpc) is 3.42. The van der Waals surface area contributed by atoms with Gasteiger partial charge in [-0.05, 0) is 31.2 Å². The predicted octanol–water partition coefficient (Wildman–Crippen LogP) is 1.35. The van der Waals surface area contributed by atoms with E-state index in [9.17, 15) is 14.4 Å². The molecule has 28 heavy (non-hydrogen) atoms. The lowest BCUT2D eigenvalue weighted by atomic mass is 9.96. The molecule has 4 rings (SSSR count). The minimum absolute atomic E-state index is 0.154. The van der Waals surface area contributed by atoms with Crippen molar-refractivity contribution >= 4 is 17.8 Å². The number of amides is 4. The Balaban J connectivity index is 1.52. The van der Waals surface area contributed by atoms with Crippen LogP contribution < -0.4 is 10.6 Å². The number of hydrogen-bond acceptors (Lipinski definition) is 4. The van der Waals surface area contributed by atoms with Gasteiger partial charge in [0.15, 0.2) is 0 Å². The monoisotopic (exact) mass is 381 g/mol. The van der Waals surface area contributed by atoms with E-state index in [0.717, 1.165) is 23.3 Å². The average molecular weight is 381 g/mol. The molecule has 0 spiro atoms. The highest BCUT2D eigenvalue weighted by Gasteiger charge is 2.56. The van der Waals surface area contributed by atoms with Gasteiger partial charge in [0.2, 0.25) is 5.91 Å². The Kier molecular flexibility index (Phi) is 4.41. The minimum Gasteiger partial charge on any atom is -0.341 e. The molecule has 1 aliphatic heterocycles. The lowest BCUT2D eigenvalue weighted by Gasteiger charge is -2.22. The molecule has 0 unspecified atom stereocenters. The van der Waals surface area contributed by atoms with Gasteiger partial charge in [-0.15, -0.1) is 0 Å². The number of rotatable bonds is 6. The number of urea groups is 1. The number of aryl methyl sites for hydroxylation is 1. The first-order chi connectivity index (χ1) is 13.4. The zero-order valence-corrected chi connectivity index (χ0v) is 15.9. The molecule has 8 nitrogen and oxygen atoms in total. The SMILES string of the molecule is Cn1ccnc1[C@@H](NC(=O)CN1C(=O)N[C@@](C)(C2CC2)C1=O)c1ccccc1. The summed E-state index contributed by atoms with van der Waals surface area (Å²) >= 11 is 0. The first-order valence-electron chi connectivity index (χ1n) is 9.36. The number of carbonyl (C=O) groups excluding carboxylic acids is 3. The smallest absolute Gasteiger partial charge is 0.325 e. The Morgan fingerprint density at radius 3 is 2.64 bits per heavy atom. The van der Waals surface area contributed by atoms with Crippen LogP contribution in [0.5, 0.6) is 0 Å². The molecule has 2 aromatic rings. The van der Waals surface area contributed by atoms with E-state index < -0.39 is 23.5 Å². The number of hydrogen-bond donors (Lipinski definition) is 2. The van der Waals surface area contributed by atoms with E-state index in [1.54, 1.807) is 19.3 Å². The molecular formula is C20H23N5O3. The van der Waals surface area contributed by atoms with Crippen molar-refractivity contribution in [3.8, 4) is 0 Å². The highest BCUT2D eigenvalue weighted by atomic mass is 16.2. The maximum Gasteiger partial charge on any atom is 0.325 e. The number of nitrogens with zero attached hydrogens (tertiary/aromatic N) is 3. The lowest BCUT2D eigenvalue weighted by molar-refractivity contribution is -0.135. The van der Waals surface area contributed by atoms with Gasteiger partial charge < -0.3 is 15.2 Å². The van der Waals surface area contributed by atoms with E-state index >= 15 is 0 Å². The Labute approximate surface area is 162 Å². The van der Waals surface area contributed by atoms with Crippen molar-refractivity contribution in [1.82, 2.24) is 25.1 Å². The van der Waals surface area contributed by atoms with Crippen LogP contribution in [-0.4, -0.2) is 44.4 Å². The summed E-state index contributed by atoms with van der Waals surface area (Å²) in [7, 11) is 1.85. The molecule has 1 aliphatic carbocycles. The van der Waals surface area contributed by atoms with Crippen molar-refractivity contribution < 1.29 is 14.4 Å². The molecule has 0 bridgehead atoms. The molecule has 2 fully saturated rings. The molecule has 2 atom stereocenters. The van der Waals surface area contributed by atoms with Gasteiger partial charge in [0.05, 0.1) is 0 Å². The largest absolute Gasteiger partial charge is 0.341 e. The molecular weight excluding hydrogens is 358 g/mol. The van der Waals surface area contributed by atoms with E-state index in [1.165, 1.54) is 0 Å². The maximum atomic E-state index is 12.8. The van der Waals surface area contributed by atoms with Crippen molar-refractivity contribution in [2.24, 2.45) is 13.0 Å². The third kappa shape index (κ3) is 3.15. The van der Waals surface area contributed by atoms with Gasteiger partial charge in [0.25, 0.3) is 5.91 Å². The van der Waals surface area contributed by atoms with E-state index in [2.05, 4.69) is 15.6 Å². The summed E-state index contributed by atoms with van der Waals surface area (Å²) in [5.74, 6) is 0.0741. The van der Waals surface area contributed by atoms with Gasteiger partial charge in [-0.1, -0.05) is 30.3 Å². The van der Waals surface area contributed by atoms with Gasteiger partial charge in [-0.25, -0.2) is 9.78 Å². The molecule has 2 aliphatic rings. The molecule has 2 N–H and O–H groups in total.